The Balaban J connectivity index is 1.38. The first-order chi connectivity index (χ1) is 16.3. The summed E-state index contributed by atoms with van der Waals surface area (Å²) in [5.74, 6) is 0.950. The molecule has 2 aliphatic rings. The fourth-order valence-corrected chi connectivity index (χ4v) is 10.9. The normalized spacial score (nSPS) is 17.7. The van der Waals surface area contributed by atoms with E-state index in [1.807, 2.05) is 45.3 Å². The minimum Gasteiger partial charge on any atom is -0.140 e. The lowest BCUT2D eigenvalue weighted by atomic mass is 9.85. The van der Waals surface area contributed by atoms with E-state index in [0.29, 0.717) is 11.8 Å². The molecule has 0 bridgehead atoms. The van der Waals surface area contributed by atoms with Gasteiger partial charge in [-0.1, -0.05) is 13.8 Å². The molecular formula is C30H26S4. The first kappa shape index (κ1) is 21.3. The first-order valence-corrected chi connectivity index (χ1v) is 15.2. The van der Waals surface area contributed by atoms with Gasteiger partial charge in [-0.05, 0) is 109 Å². The maximum Gasteiger partial charge on any atom is 0.0452 e. The van der Waals surface area contributed by atoms with Crippen molar-refractivity contribution in [3.8, 4) is 40.4 Å². The molecule has 2 unspecified atom stereocenters. The number of thiophene rings is 4. The van der Waals surface area contributed by atoms with E-state index < -0.39 is 0 Å². The Hall–Kier alpha value is -1.98. The van der Waals surface area contributed by atoms with Crippen molar-refractivity contribution in [2.24, 2.45) is 0 Å². The van der Waals surface area contributed by atoms with E-state index in [-0.39, 0.29) is 0 Å². The molecule has 2 aliphatic carbocycles. The Kier molecular flexibility index (Phi) is 4.56. The van der Waals surface area contributed by atoms with Crippen molar-refractivity contribution in [1.82, 2.24) is 0 Å². The summed E-state index contributed by atoms with van der Waals surface area (Å²) < 4.78 is 0. The number of hydrogen-bond donors (Lipinski definition) is 0. The Morgan fingerprint density at radius 1 is 0.529 bits per heavy atom. The summed E-state index contributed by atoms with van der Waals surface area (Å²) in [5, 5.41) is 0. The average molecular weight is 515 g/mol. The largest absolute Gasteiger partial charge is 0.140 e. The molecule has 0 aliphatic heterocycles. The van der Waals surface area contributed by atoms with E-state index in [4.69, 9.17) is 0 Å². The van der Waals surface area contributed by atoms with Crippen LogP contribution in [0.1, 0.15) is 68.8 Å². The van der Waals surface area contributed by atoms with Gasteiger partial charge < -0.3 is 0 Å². The van der Waals surface area contributed by atoms with Crippen LogP contribution in [0.4, 0.5) is 0 Å². The maximum atomic E-state index is 2.49. The highest BCUT2D eigenvalue weighted by molar-refractivity contribution is 7.27. The van der Waals surface area contributed by atoms with Crippen LogP contribution in [-0.4, -0.2) is 0 Å². The van der Waals surface area contributed by atoms with Crippen LogP contribution < -0.4 is 0 Å². The fourth-order valence-electron chi connectivity index (χ4n) is 6.29. The summed E-state index contributed by atoms with van der Waals surface area (Å²) in [6.45, 7) is 14.1. The SMILES string of the molecule is Cc1ccc(-c2ccc(-c3cc4c(s3)-c3c(C)c5c(c(C)c3C4C)-c3sc(C)cc3C5C)s2)s1. The predicted molar refractivity (Wildman–Crippen MR) is 154 cm³/mol. The molecule has 2 atom stereocenters. The summed E-state index contributed by atoms with van der Waals surface area (Å²) in [5.41, 5.74) is 12.4. The van der Waals surface area contributed by atoms with Gasteiger partial charge in [-0.25, -0.2) is 0 Å². The van der Waals surface area contributed by atoms with E-state index in [1.165, 1.54) is 55.7 Å². The molecular weight excluding hydrogens is 489 g/mol. The van der Waals surface area contributed by atoms with Crippen molar-refractivity contribution in [3.63, 3.8) is 0 Å². The molecule has 34 heavy (non-hydrogen) atoms. The topological polar surface area (TPSA) is 0 Å². The van der Waals surface area contributed by atoms with Gasteiger partial charge in [0.05, 0.1) is 0 Å². The quantitative estimate of drug-likeness (QED) is 0.220. The van der Waals surface area contributed by atoms with Gasteiger partial charge in [-0.15, -0.1) is 45.3 Å². The maximum absolute atomic E-state index is 2.49. The van der Waals surface area contributed by atoms with Gasteiger partial charge >= 0.3 is 0 Å². The molecule has 0 nitrogen and oxygen atoms in total. The first-order valence-electron chi connectivity index (χ1n) is 11.9. The summed E-state index contributed by atoms with van der Waals surface area (Å²) in [4.78, 5) is 11.4. The molecule has 0 N–H and O–H groups in total. The molecule has 7 rings (SSSR count). The fraction of sp³-hybridized carbons (Fsp3) is 0.267. The predicted octanol–water partition coefficient (Wildman–Crippen LogP) is 10.8. The van der Waals surface area contributed by atoms with E-state index in [0.717, 1.165) is 0 Å². The van der Waals surface area contributed by atoms with E-state index in [2.05, 4.69) is 77.9 Å². The molecule has 4 heteroatoms. The van der Waals surface area contributed by atoms with Gasteiger partial charge in [0, 0.05) is 50.9 Å². The van der Waals surface area contributed by atoms with Gasteiger partial charge in [-0.2, -0.15) is 0 Å². The van der Waals surface area contributed by atoms with Gasteiger partial charge in [0.25, 0.3) is 0 Å². The Morgan fingerprint density at radius 2 is 1.06 bits per heavy atom. The van der Waals surface area contributed by atoms with E-state index in [9.17, 15) is 0 Å². The molecule has 0 saturated heterocycles. The summed E-state index contributed by atoms with van der Waals surface area (Å²) in [6, 6.07) is 14.0. The van der Waals surface area contributed by atoms with Gasteiger partial charge in [0.15, 0.2) is 0 Å². The lowest BCUT2D eigenvalue weighted by Gasteiger charge is -2.20. The molecule has 0 fully saturated rings. The van der Waals surface area contributed by atoms with Crippen LogP contribution in [0.15, 0.2) is 36.4 Å². The van der Waals surface area contributed by atoms with Gasteiger partial charge in [-0.3, -0.25) is 0 Å². The third kappa shape index (κ3) is 2.74. The van der Waals surface area contributed by atoms with Crippen molar-refractivity contribution in [2.75, 3.05) is 0 Å². The van der Waals surface area contributed by atoms with Crippen LogP contribution in [0.25, 0.3) is 40.4 Å². The van der Waals surface area contributed by atoms with Crippen LogP contribution in [0.3, 0.4) is 0 Å². The van der Waals surface area contributed by atoms with Crippen molar-refractivity contribution in [3.05, 3.63) is 79.5 Å². The molecule has 4 heterocycles. The lowest BCUT2D eigenvalue weighted by Crippen LogP contribution is -2.01. The highest BCUT2D eigenvalue weighted by atomic mass is 32.1. The minimum atomic E-state index is 0.457. The van der Waals surface area contributed by atoms with Crippen LogP contribution >= 0.6 is 45.3 Å². The summed E-state index contributed by atoms with van der Waals surface area (Å²) in [7, 11) is 0. The van der Waals surface area contributed by atoms with Crippen molar-refractivity contribution < 1.29 is 0 Å². The molecule has 0 amide bonds. The van der Waals surface area contributed by atoms with E-state index >= 15 is 0 Å². The van der Waals surface area contributed by atoms with Crippen LogP contribution in [0.5, 0.6) is 0 Å². The second-order valence-electron chi connectivity index (χ2n) is 9.88. The van der Waals surface area contributed by atoms with Crippen molar-refractivity contribution >= 4 is 45.3 Å². The summed E-state index contributed by atoms with van der Waals surface area (Å²) in [6.07, 6.45) is 0. The number of aryl methyl sites for hydroxylation is 2. The molecule has 0 spiro atoms. The molecule has 0 radical (unpaired) electrons. The zero-order chi connectivity index (χ0) is 23.5. The zero-order valence-electron chi connectivity index (χ0n) is 20.3. The molecule has 0 saturated carbocycles. The smallest absolute Gasteiger partial charge is 0.0452 e. The Bertz CT molecular complexity index is 1630. The number of hydrogen-bond acceptors (Lipinski definition) is 4. The molecule has 5 aromatic rings. The van der Waals surface area contributed by atoms with Gasteiger partial charge in [0.2, 0.25) is 0 Å². The van der Waals surface area contributed by atoms with E-state index in [1.54, 1.807) is 27.8 Å². The third-order valence-electron chi connectivity index (χ3n) is 7.83. The molecule has 1 aromatic carbocycles. The second kappa shape index (κ2) is 7.27. The number of fused-ring (bicyclic) bond motifs is 6. The van der Waals surface area contributed by atoms with Crippen LogP contribution in [-0.2, 0) is 0 Å². The van der Waals surface area contributed by atoms with Gasteiger partial charge in [0.1, 0.15) is 0 Å². The standard InChI is InChI=1S/C30H26S4/c1-13-7-8-21(31-13)22-9-10-23(33-22)24-12-20-16(4)26-17(5)27-25(18(6)28(26)30(20)34-24)15(3)19-11-14(2)32-29(19)27/h7-12,15-16H,1-6H3. The second-order valence-corrected chi connectivity index (χ2v) is 14.6. The highest BCUT2D eigenvalue weighted by Crippen LogP contribution is 2.60. The molecule has 170 valence electrons. The Labute approximate surface area is 217 Å². The highest BCUT2D eigenvalue weighted by Gasteiger charge is 2.39. The van der Waals surface area contributed by atoms with Crippen LogP contribution in [0.2, 0.25) is 0 Å². The van der Waals surface area contributed by atoms with Crippen molar-refractivity contribution in [2.45, 2.75) is 53.4 Å². The average Bonchev–Trinajstić information content (AvgIpc) is 3.60. The van der Waals surface area contributed by atoms with Crippen molar-refractivity contribution in [1.29, 1.82) is 0 Å². The lowest BCUT2D eigenvalue weighted by molar-refractivity contribution is 0.926. The summed E-state index contributed by atoms with van der Waals surface area (Å²) >= 11 is 7.82. The Morgan fingerprint density at radius 3 is 1.68 bits per heavy atom. The minimum absolute atomic E-state index is 0.457. The molecule has 4 aromatic heterocycles. The monoisotopic (exact) mass is 514 g/mol. The number of benzene rings is 1. The third-order valence-corrected chi connectivity index (χ3v) is 12.6. The van der Waals surface area contributed by atoms with Crippen LogP contribution in [0, 0.1) is 27.7 Å². The zero-order valence-corrected chi connectivity index (χ0v) is 23.5. The number of rotatable bonds is 2.